The Bertz CT molecular complexity index is 1130. The zero-order chi connectivity index (χ0) is 20.4. The minimum Gasteiger partial charge on any atom is -0.487 e. The van der Waals surface area contributed by atoms with Gasteiger partial charge in [0.25, 0.3) is 10.0 Å². The molecule has 148 valence electrons. The van der Waals surface area contributed by atoms with Gasteiger partial charge < -0.3 is 9.84 Å². The first-order chi connectivity index (χ1) is 14.0. The van der Waals surface area contributed by atoms with Gasteiger partial charge in [0.05, 0.1) is 28.7 Å². The van der Waals surface area contributed by atoms with Crippen LogP contribution >= 0.6 is 0 Å². The van der Waals surface area contributed by atoms with Gasteiger partial charge in [0, 0.05) is 6.20 Å². The molecule has 0 saturated heterocycles. The number of carbonyl (C=O) groups is 1. The maximum absolute atomic E-state index is 13.1. The fraction of sp³-hybridized carbons (Fsp3) is 0.143. The van der Waals surface area contributed by atoms with Crippen molar-refractivity contribution < 1.29 is 23.1 Å². The van der Waals surface area contributed by atoms with Crippen LogP contribution in [0.15, 0.2) is 77.8 Å². The Morgan fingerprint density at radius 1 is 1.03 bits per heavy atom. The van der Waals surface area contributed by atoms with Gasteiger partial charge in [0.15, 0.2) is 0 Å². The molecular formula is C21H18N2O5S. The molecule has 0 fully saturated rings. The van der Waals surface area contributed by atoms with Crippen molar-refractivity contribution in [2.24, 2.45) is 0 Å². The SMILES string of the molecule is O=C(O)CC1c2ccccc2S(=O)(=O)N1c1ccc(OCc2ccccn2)cc1. The zero-order valence-corrected chi connectivity index (χ0v) is 16.1. The Morgan fingerprint density at radius 2 is 1.76 bits per heavy atom. The van der Waals surface area contributed by atoms with Crippen LogP contribution in [0.4, 0.5) is 5.69 Å². The average molecular weight is 410 g/mol. The first-order valence-electron chi connectivity index (χ1n) is 8.95. The summed E-state index contributed by atoms with van der Waals surface area (Å²) in [6.45, 7) is 0.287. The Labute approximate surface area is 168 Å². The third-order valence-electron chi connectivity index (χ3n) is 4.67. The number of anilines is 1. The van der Waals surface area contributed by atoms with E-state index in [2.05, 4.69) is 4.98 Å². The van der Waals surface area contributed by atoms with Crippen molar-refractivity contribution in [2.75, 3.05) is 4.31 Å². The van der Waals surface area contributed by atoms with Crippen LogP contribution in [0, 0.1) is 0 Å². The summed E-state index contributed by atoms with van der Waals surface area (Å²) in [4.78, 5) is 15.7. The summed E-state index contributed by atoms with van der Waals surface area (Å²) < 4.78 is 33.0. The normalized spacial score (nSPS) is 17.0. The predicted octanol–water partition coefficient (Wildman–Crippen LogP) is 3.39. The summed E-state index contributed by atoms with van der Waals surface area (Å²) in [7, 11) is -3.84. The highest BCUT2D eigenvalue weighted by Gasteiger charge is 2.43. The molecule has 0 amide bonds. The summed E-state index contributed by atoms with van der Waals surface area (Å²) in [5.74, 6) is -0.509. The molecule has 1 aromatic heterocycles. The molecule has 8 heteroatoms. The lowest BCUT2D eigenvalue weighted by Crippen LogP contribution is -2.29. The highest BCUT2D eigenvalue weighted by atomic mass is 32.2. The van der Waals surface area contributed by atoms with Gasteiger partial charge in [-0.25, -0.2) is 8.42 Å². The molecule has 29 heavy (non-hydrogen) atoms. The number of aromatic nitrogens is 1. The van der Waals surface area contributed by atoms with E-state index in [1.807, 2.05) is 18.2 Å². The number of ether oxygens (including phenoxy) is 1. The van der Waals surface area contributed by atoms with Crippen molar-refractivity contribution in [3.05, 3.63) is 84.2 Å². The van der Waals surface area contributed by atoms with Gasteiger partial charge in [-0.15, -0.1) is 0 Å². The number of aliphatic carboxylic acids is 1. The quantitative estimate of drug-likeness (QED) is 0.669. The van der Waals surface area contributed by atoms with E-state index in [0.717, 1.165) is 5.69 Å². The summed E-state index contributed by atoms with van der Waals surface area (Å²) >= 11 is 0. The highest BCUT2D eigenvalue weighted by molar-refractivity contribution is 7.93. The molecule has 0 bridgehead atoms. The second kappa shape index (κ2) is 7.56. The summed E-state index contributed by atoms with van der Waals surface area (Å²) in [6.07, 6.45) is 1.36. The molecule has 0 aliphatic carbocycles. The number of pyridine rings is 1. The minimum absolute atomic E-state index is 0.140. The molecular weight excluding hydrogens is 392 g/mol. The molecule has 1 atom stereocenters. The van der Waals surface area contributed by atoms with Crippen LogP contribution in [0.25, 0.3) is 0 Å². The molecule has 7 nitrogen and oxygen atoms in total. The lowest BCUT2D eigenvalue weighted by molar-refractivity contribution is -0.137. The molecule has 2 heterocycles. The van der Waals surface area contributed by atoms with Crippen LogP contribution in [0.1, 0.15) is 23.7 Å². The summed E-state index contributed by atoms with van der Waals surface area (Å²) in [5.41, 5.74) is 1.65. The number of sulfonamides is 1. The van der Waals surface area contributed by atoms with Crippen LogP contribution in [0.2, 0.25) is 0 Å². The topological polar surface area (TPSA) is 96.8 Å². The zero-order valence-electron chi connectivity index (χ0n) is 15.3. The Morgan fingerprint density at radius 3 is 2.45 bits per heavy atom. The molecule has 0 saturated carbocycles. The smallest absolute Gasteiger partial charge is 0.305 e. The van der Waals surface area contributed by atoms with E-state index in [-0.39, 0.29) is 17.9 Å². The second-order valence-electron chi connectivity index (χ2n) is 6.56. The van der Waals surface area contributed by atoms with Crippen LogP contribution in [0.5, 0.6) is 5.75 Å². The number of carboxylic acids is 1. The minimum atomic E-state index is -3.84. The van der Waals surface area contributed by atoms with Crippen LogP contribution in [-0.4, -0.2) is 24.5 Å². The van der Waals surface area contributed by atoms with E-state index >= 15 is 0 Å². The predicted molar refractivity (Wildman–Crippen MR) is 106 cm³/mol. The van der Waals surface area contributed by atoms with E-state index in [0.29, 0.717) is 17.0 Å². The van der Waals surface area contributed by atoms with Crippen molar-refractivity contribution in [2.45, 2.75) is 24.0 Å². The molecule has 1 aliphatic heterocycles. The molecule has 4 rings (SSSR count). The largest absolute Gasteiger partial charge is 0.487 e. The molecule has 1 unspecified atom stereocenters. The van der Waals surface area contributed by atoms with Crippen LogP contribution < -0.4 is 9.04 Å². The lowest BCUT2D eigenvalue weighted by atomic mass is 10.0. The second-order valence-corrected chi connectivity index (χ2v) is 8.34. The Kier molecular flexibility index (Phi) is 4.94. The van der Waals surface area contributed by atoms with Crippen molar-refractivity contribution in [3.63, 3.8) is 0 Å². The maximum Gasteiger partial charge on any atom is 0.305 e. The highest BCUT2D eigenvalue weighted by Crippen LogP contribution is 2.44. The Balaban J connectivity index is 1.61. The van der Waals surface area contributed by atoms with E-state index in [4.69, 9.17) is 4.74 Å². The van der Waals surface area contributed by atoms with E-state index in [9.17, 15) is 18.3 Å². The number of rotatable bonds is 6. The first-order valence-corrected chi connectivity index (χ1v) is 10.4. The van der Waals surface area contributed by atoms with Gasteiger partial charge in [0.2, 0.25) is 0 Å². The molecule has 3 aromatic rings. The van der Waals surface area contributed by atoms with Gasteiger partial charge >= 0.3 is 5.97 Å². The number of hydrogen-bond acceptors (Lipinski definition) is 5. The van der Waals surface area contributed by atoms with E-state index in [1.54, 1.807) is 48.7 Å². The van der Waals surface area contributed by atoms with Gasteiger partial charge in [-0.3, -0.25) is 14.1 Å². The summed E-state index contributed by atoms with van der Waals surface area (Å²) in [6, 6.07) is 17.8. The number of benzene rings is 2. The standard InChI is InChI=1S/C21H18N2O5S/c24-21(25)13-19-18-6-1-2-7-20(18)29(26,27)23(19)16-8-10-17(11-9-16)28-14-15-5-3-4-12-22-15/h1-12,19H,13-14H2,(H,24,25). The number of carboxylic acid groups (broad SMARTS) is 1. The van der Waals surface area contributed by atoms with Crippen LogP contribution in [-0.2, 0) is 21.4 Å². The van der Waals surface area contributed by atoms with Crippen molar-refractivity contribution in [1.29, 1.82) is 0 Å². The van der Waals surface area contributed by atoms with Gasteiger partial charge in [-0.2, -0.15) is 0 Å². The fourth-order valence-electron chi connectivity index (χ4n) is 3.40. The molecule has 0 radical (unpaired) electrons. The van der Waals surface area contributed by atoms with Crippen molar-refractivity contribution >= 4 is 21.7 Å². The third kappa shape index (κ3) is 3.66. The summed E-state index contributed by atoms with van der Waals surface area (Å²) in [5, 5.41) is 9.31. The number of fused-ring (bicyclic) bond motifs is 1. The van der Waals surface area contributed by atoms with Crippen LogP contribution in [0.3, 0.4) is 0 Å². The van der Waals surface area contributed by atoms with E-state index < -0.39 is 22.0 Å². The first kappa shape index (κ1) is 18.9. The molecule has 1 N–H and O–H groups in total. The van der Waals surface area contributed by atoms with E-state index in [1.165, 1.54) is 10.4 Å². The third-order valence-corrected chi connectivity index (χ3v) is 6.58. The van der Waals surface area contributed by atoms with Gasteiger partial charge in [-0.1, -0.05) is 24.3 Å². The monoisotopic (exact) mass is 410 g/mol. The number of nitrogens with zero attached hydrogens (tertiary/aromatic N) is 2. The molecule has 2 aromatic carbocycles. The molecule has 0 spiro atoms. The number of hydrogen-bond donors (Lipinski definition) is 1. The lowest BCUT2D eigenvalue weighted by Gasteiger charge is -2.24. The van der Waals surface area contributed by atoms with Gasteiger partial charge in [0.1, 0.15) is 12.4 Å². The molecule has 1 aliphatic rings. The van der Waals surface area contributed by atoms with Gasteiger partial charge in [-0.05, 0) is 48.0 Å². The van der Waals surface area contributed by atoms with Crippen molar-refractivity contribution in [1.82, 2.24) is 4.98 Å². The van der Waals surface area contributed by atoms with Crippen molar-refractivity contribution in [3.8, 4) is 5.75 Å². The maximum atomic E-state index is 13.1. The average Bonchev–Trinajstić information content (AvgIpc) is 2.94. The Hall–Kier alpha value is -3.39. The fourth-order valence-corrected chi connectivity index (χ4v) is 5.28.